The molecule has 160 valence electrons. The van der Waals surface area contributed by atoms with E-state index in [9.17, 15) is 4.79 Å². The van der Waals surface area contributed by atoms with Gasteiger partial charge in [0, 0.05) is 24.3 Å². The molecule has 0 bridgehead atoms. The molecule has 1 amide bonds. The number of amides is 1. The van der Waals surface area contributed by atoms with Gasteiger partial charge in [0.2, 0.25) is 5.91 Å². The topological polar surface area (TPSA) is 54.5 Å². The molecule has 2 aromatic carbocycles. The Kier molecular flexibility index (Phi) is 6.95. The molecule has 1 unspecified atom stereocenters. The molecule has 31 heavy (non-hydrogen) atoms. The number of carbonyl (C=O) groups excluding carboxylic acids is 1. The molecule has 0 saturated carbocycles. The highest BCUT2D eigenvalue weighted by molar-refractivity contribution is 5.92. The lowest BCUT2D eigenvalue weighted by Crippen LogP contribution is -2.39. The minimum Gasteiger partial charge on any atom is -0.456 e. The lowest BCUT2D eigenvalue weighted by molar-refractivity contribution is -0.121. The van der Waals surface area contributed by atoms with Crippen molar-refractivity contribution in [3.63, 3.8) is 0 Å². The standard InChI is InChI=1S/C26H29N3O2/c1-20(21-6-3-2-4-7-21)19-29-16-13-22(14-17-29)26(30)28-23-9-11-24(12-10-23)31-25-8-5-15-27-18-25/h2-12,15,18,20,22H,13-14,16-17,19H2,1H3,(H,28,30). The fourth-order valence-corrected chi connectivity index (χ4v) is 4.05. The van der Waals surface area contributed by atoms with Crippen LogP contribution in [0, 0.1) is 5.92 Å². The lowest BCUT2D eigenvalue weighted by Gasteiger charge is -2.33. The number of piperidine rings is 1. The number of benzene rings is 2. The van der Waals surface area contributed by atoms with E-state index in [0.717, 1.165) is 38.2 Å². The van der Waals surface area contributed by atoms with E-state index in [1.54, 1.807) is 12.4 Å². The number of nitrogens with zero attached hydrogens (tertiary/aromatic N) is 2. The van der Waals surface area contributed by atoms with Crippen LogP contribution in [0.25, 0.3) is 0 Å². The predicted octanol–water partition coefficient (Wildman–Crippen LogP) is 5.33. The summed E-state index contributed by atoms with van der Waals surface area (Å²) in [5, 5.41) is 3.06. The summed E-state index contributed by atoms with van der Waals surface area (Å²) in [5.41, 5.74) is 2.17. The third kappa shape index (κ3) is 5.92. The quantitative estimate of drug-likeness (QED) is 0.567. The number of nitrogens with one attached hydrogen (secondary N) is 1. The summed E-state index contributed by atoms with van der Waals surface area (Å²) in [5.74, 6) is 2.07. The molecule has 1 aliphatic rings. The zero-order valence-corrected chi connectivity index (χ0v) is 17.9. The second kappa shape index (κ2) is 10.2. The van der Waals surface area contributed by atoms with Crippen molar-refractivity contribution < 1.29 is 9.53 Å². The Morgan fingerprint density at radius 3 is 2.45 bits per heavy atom. The number of rotatable bonds is 7. The van der Waals surface area contributed by atoms with Gasteiger partial charge in [-0.05, 0) is 73.8 Å². The van der Waals surface area contributed by atoms with Crippen LogP contribution in [0.4, 0.5) is 5.69 Å². The van der Waals surface area contributed by atoms with Gasteiger partial charge >= 0.3 is 0 Å². The molecule has 5 nitrogen and oxygen atoms in total. The van der Waals surface area contributed by atoms with Crippen molar-refractivity contribution >= 4 is 11.6 Å². The molecule has 1 fully saturated rings. The SMILES string of the molecule is CC(CN1CCC(C(=O)Nc2ccc(Oc3cccnc3)cc2)CC1)c1ccccc1. The Balaban J connectivity index is 1.23. The summed E-state index contributed by atoms with van der Waals surface area (Å²) in [6, 6.07) is 21.8. The smallest absolute Gasteiger partial charge is 0.227 e. The second-order valence-corrected chi connectivity index (χ2v) is 8.19. The zero-order valence-electron chi connectivity index (χ0n) is 17.9. The van der Waals surface area contributed by atoms with Crippen molar-refractivity contribution in [1.29, 1.82) is 0 Å². The van der Waals surface area contributed by atoms with Gasteiger partial charge in [0.15, 0.2) is 0 Å². The molecule has 1 N–H and O–H groups in total. The van der Waals surface area contributed by atoms with Gasteiger partial charge in [-0.25, -0.2) is 0 Å². The Labute approximate surface area is 184 Å². The molecule has 0 spiro atoms. The van der Waals surface area contributed by atoms with E-state index >= 15 is 0 Å². The van der Waals surface area contributed by atoms with Crippen LogP contribution in [0.2, 0.25) is 0 Å². The Morgan fingerprint density at radius 1 is 1.03 bits per heavy atom. The van der Waals surface area contributed by atoms with Gasteiger partial charge in [-0.15, -0.1) is 0 Å². The molecule has 5 heteroatoms. The Hall–Kier alpha value is -3.18. The van der Waals surface area contributed by atoms with Crippen LogP contribution in [-0.4, -0.2) is 35.4 Å². The van der Waals surface area contributed by atoms with Gasteiger partial charge in [0.05, 0.1) is 6.20 Å². The number of hydrogen-bond acceptors (Lipinski definition) is 4. The monoisotopic (exact) mass is 415 g/mol. The number of carbonyl (C=O) groups is 1. The minimum absolute atomic E-state index is 0.0644. The first kappa shape index (κ1) is 21.1. The van der Waals surface area contributed by atoms with Crippen LogP contribution in [0.3, 0.4) is 0 Å². The van der Waals surface area contributed by atoms with E-state index in [4.69, 9.17) is 4.74 Å². The molecule has 2 heterocycles. The third-order valence-electron chi connectivity index (χ3n) is 5.85. The van der Waals surface area contributed by atoms with Crippen LogP contribution in [-0.2, 0) is 4.79 Å². The third-order valence-corrected chi connectivity index (χ3v) is 5.85. The fraction of sp³-hybridized carbons (Fsp3) is 0.308. The molecule has 1 saturated heterocycles. The van der Waals surface area contributed by atoms with Gasteiger partial charge < -0.3 is 15.0 Å². The van der Waals surface area contributed by atoms with Crippen LogP contribution in [0.1, 0.15) is 31.2 Å². The average Bonchev–Trinajstić information content (AvgIpc) is 2.82. The van der Waals surface area contributed by atoms with Crippen LogP contribution < -0.4 is 10.1 Å². The maximum Gasteiger partial charge on any atom is 0.227 e. The maximum absolute atomic E-state index is 12.7. The van der Waals surface area contributed by atoms with E-state index in [2.05, 4.69) is 52.5 Å². The van der Waals surface area contributed by atoms with Crippen LogP contribution >= 0.6 is 0 Å². The van der Waals surface area contributed by atoms with E-state index in [-0.39, 0.29) is 11.8 Å². The van der Waals surface area contributed by atoms with Crippen LogP contribution in [0.5, 0.6) is 11.5 Å². The molecule has 4 rings (SSSR count). The molecular weight excluding hydrogens is 386 g/mol. The highest BCUT2D eigenvalue weighted by Crippen LogP contribution is 2.25. The highest BCUT2D eigenvalue weighted by atomic mass is 16.5. The van der Waals surface area contributed by atoms with Gasteiger partial charge in [-0.1, -0.05) is 37.3 Å². The van der Waals surface area contributed by atoms with Crippen molar-refractivity contribution in [2.75, 3.05) is 25.0 Å². The molecule has 1 aliphatic heterocycles. The Morgan fingerprint density at radius 2 is 1.77 bits per heavy atom. The first-order valence-corrected chi connectivity index (χ1v) is 10.9. The van der Waals surface area contributed by atoms with E-state index in [1.165, 1.54) is 5.56 Å². The lowest BCUT2D eigenvalue weighted by atomic mass is 9.94. The molecule has 3 aromatic rings. The number of ether oxygens (including phenoxy) is 1. The van der Waals surface area contributed by atoms with E-state index in [0.29, 0.717) is 17.4 Å². The number of hydrogen-bond donors (Lipinski definition) is 1. The van der Waals surface area contributed by atoms with E-state index in [1.807, 2.05) is 36.4 Å². The zero-order chi connectivity index (χ0) is 21.5. The fourth-order valence-electron chi connectivity index (χ4n) is 4.05. The minimum atomic E-state index is 0.0644. The number of pyridine rings is 1. The maximum atomic E-state index is 12.7. The average molecular weight is 416 g/mol. The number of anilines is 1. The van der Waals surface area contributed by atoms with Crippen molar-refractivity contribution in [2.24, 2.45) is 5.92 Å². The summed E-state index contributed by atoms with van der Waals surface area (Å²) in [6.07, 6.45) is 5.17. The first-order chi connectivity index (χ1) is 15.2. The molecule has 0 radical (unpaired) electrons. The molecule has 1 aromatic heterocycles. The van der Waals surface area contributed by atoms with E-state index < -0.39 is 0 Å². The Bertz CT molecular complexity index is 953. The molecule has 1 atom stereocenters. The molecular formula is C26H29N3O2. The molecule has 0 aliphatic carbocycles. The van der Waals surface area contributed by atoms with Gasteiger partial charge in [0.1, 0.15) is 11.5 Å². The highest BCUT2D eigenvalue weighted by Gasteiger charge is 2.25. The summed E-state index contributed by atoms with van der Waals surface area (Å²) in [6.45, 7) is 5.24. The normalized spacial score (nSPS) is 15.9. The number of likely N-dealkylation sites (tertiary alicyclic amines) is 1. The van der Waals surface area contributed by atoms with Crippen molar-refractivity contribution in [3.8, 4) is 11.5 Å². The summed E-state index contributed by atoms with van der Waals surface area (Å²) >= 11 is 0. The van der Waals surface area contributed by atoms with Crippen LogP contribution in [0.15, 0.2) is 79.1 Å². The first-order valence-electron chi connectivity index (χ1n) is 10.9. The van der Waals surface area contributed by atoms with Gasteiger partial charge in [-0.3, -0.25) is 9.78 Å². The predicted molar refractivity (Wildman–Crippen MR) is 123 cm³/mol. The van der Waals surface area contributed by atoms with Gasteiger partial charge in [0.25, 0.3) is 0 Å². The van der Waals surface area contributed by atoms with Gasteiger partial charge in [-0.2, -0.15) is 0 Å². The van der Waals surface area contributed by atoms with Crippen molar-refractivity contribution in [2.45, 2.75) is 25.7 Å². The second-order valence-electron chi connectivity index (χ2n) is 8.19. The summed E-state index contributed by atoms with van der Waals surface area (Å²) in [4.78, 5) is 19.2. The largest absolute Gasteiger partial charge is 0.456 e. The summed E-state index contributed by atoms with van der Waals surface area (Å²) in [7, 11) is 0. The van der Waals surface area contributed by atoms with Crippen molar-refractivity contribution in [3.05, 3.63) is 84.7 Å². The number of aromatic nitrogens is 1. The van der Waals surface area contributed by atoms with Crippen molar-refractivity contribution in [1.82, 2.24) is 9.88 Å². The summed E-state index contributed by atoms with van der Waals surface area (Å²) < 4.78 is 5.75.